The van der Waals surface area contributed by atoms with Gasteiger partial charge in [-0.25, -0.2) is 9.37 Å². The summed E-state index contributed by atoms with van der Waals surface area (Å²) in [6, 6.07) is 10.1. The van der Waals surface area contributed by atoms with Gasteiger partial charge in [-0.15, -0.1) is 18.3 Å². The molecule has 9 heteroatoms. The van der Waals surface area contributed by atoms with Crippen molar-refractivity contribution in [2.45, 2.75) is 6.36 Å². The van der Waals surface area contributed by atoms with Crippen LogP contribution in [0.3, 0.4) is 0 Å². The summed E-state index contributed by atoms with van der Waals surface area (Å²) in [5.41, 5.74) is 1.42. The minimum absolute atomic E-state index is 0.288. The van der Waals surface area contributed by atoms with Crippen molar-refractivity contribution in [3.8, 4) is 16.9 Å². The maximum Gasteiger partial charge on any atom is 0.573 e. The number of nitrogens with zero attached hydrogens (tertiary/aromatic N) is 2. The van der Waals surface area contributed by atoms with Gasteiger partial charge < -0.3 is 10.1 Å². The third kappa shape index (κ3) is 3.62. The molecule has 0 saturated carbocycles. The second kappa shape index (κ2) is 6.19. The van der Waals surface area contributed by atoms with Crippen LogP contribution in [0.25, 0.3) is 11.1 Å². The predicted molar refractivity (Wildman–Crippen MR) is 78.2 cm³/mol. The molecule has 0 spiro atoms. The largest absolute Gasteiger partial charge is 0.573 e. The molecule has 0 unspecified atom stereocenters. The number of rotatable bonds is 4. The summed E-state index contributed by atoms with van der Waals surface area (Å²) in [4.78, 5) is 3.92. The Morgan fingerprint density at radius 2 is 1.88 bits per heavy atom. The van der Waals surface area contributed by atoms with Crippen LogP contribution in [-0.4, -0.2) is 21.5 Å². The van der Waals surface area contributed by atoms with Gasteiger partial charge in [0.25, 0.3) is 0 Å². The molecule has 0 atom stereocenters. The van der Waals surface area contributed by atoms with E-state index in [9.17, 15) is 17.6 Å². The number of hydrogen-bond donors (Lipinski definition) is 2. The lowest BCUT2D eigenvalue weighted by molar-refractivity contribution is -0.275. The number of aromatic nitrogens is 3. The molecule has 0 bridgehead atoms. The average Bonchev–Trinajstić information content (AvgIpc) is 3.02. The number of nitrogens with one attached hydrogen (secondary N) is 2. The molecule has 3 rings (SSSR count). The summed E-state index contributed by atoms with van der Waals surface area (Å²) in [7, 11) is 0. The molecule has 0 aliphatic heterocycles. The summed E-state index contributed by atoms with van der Waals surface area (Å²) in [5.74, 6) is -1.71. The third-order valence-electron chi connectivity index (χ3n) is 3.06. The molecule has 5 nitrogen and oxygen atoms in total. The highest BCUT2D eigenvalue weighted by molar-refractivity contribution is 5.80. The quantitative estimate of drug-likeness (QED) is 0.698. The van der Waals surface area contributed by atoms with Crippen LogP contribution >= 0.6 is 0 Å². The van der Waals surface area contributed by atoms with Gasteiger partial charge in [-0.3, -0.25) is 5.10 Å². The van der Waals surface area contributed by atoms with E-state index in [0.29, 0.717) is 16.8 Å². The molecule has 0 saturated heterocycles. The summed E-state index contributed by atoms with van der Waals surface area (Å²) < 4.78 is 54.4. The third-order valence-corrected chi connectivity index (χ3v) is 3.06. The number of halogens is 4. The van der Waals surface area contributed by atoms with Crippen LogP contribution in [0.5, 0.6) is 5.75 Å². The molecule has 124 valence electrons. The maximum absolute atomic E-state index is 13.6. The van der Waals surface area contributed by atoms with Crippen LogP contribution in [0.15, 0.2) is 48.8 Å². The van der Waals surface area contributed by atoms with Crippen molar-refractivity contribution in [3.05, 3.63) is 54.6 Å². The van der Waals surface area contributed by atoms with Crippen LogP contribution in [0.1, 0.15) is 0 Å². The lowest BCUT2D eigenvalue weighted by Crippen LogP contribution is -2.18. The second-order valence-corrected chi connectivity index (χ2v) is 4.69. The first-order valence-corrected chi connectivity index (χ1v) is 6.70. The zero-order valence-electron chi connectivity index (χ0n) is 11.9. The Balaban J connectivity index is 1.99. The number of aromatic amines is 1. The zero-order chi connectivity index (χ0) is 17.2. The summed E-state index contributed by atoms with van der Waals surface area (Å²) >= 11 is 0. The van der Waals surface area contributed by atoms with Crippen molar-refractivity contribution < 1.29 is 22.3 Å². The molecule has 2 N–H and O–H groups in total. The lowest BCUT2D eigenvalue weighted by Gasteiger charge is -2.13. The van der Waals surface area contributed by atoms with Gasteiger partial charge in [0.2, 0.25) is 5.95 Å². The Labute approximate surface area is 133 Å². The molecule has 1 aromatic heterocycles. The molecule has 0 aliphatic carbocycles. The monoisotopic (exact) mass is 338 g/mol. The van der Waals surface area contributed by atoms with Gasteiger partial charge in [0.05, 0.1) is 0 Å². The van der Waals surface area contributed by atoms with Crippen LogP contribution in [0.4, 0.5) is 29.2 Å². The molecule has 0 radical (unpaired) electrons. The van der Waals surface area contributed by atoms with Crippen molar-refractivity contribution in [2.75, 3.05) is 5.32 Å². The highest BCUT2D eigenvalue weighted by Crippen LogP contribution is 2.34. The van der Waals surface area contributed by atoms with Gasteiger partial charge in [0.15, 0.2) is 11.6 Å². The van der Waals surface area contributed by atoms with Crippen molar-refractivity contribution in [2.24, 2.45) is 0 Å². The molecule has 1 heterocycles. The Hall–Kier alpha value is -3.10. The van der Waals surface area contributed by atoms with Gasteiger partial charge in [-0.05, 0) is 23.8 Å². The van der Waals surface area contributed by atoms with E-state index in [4.69, 9.17) is 0 Å². The van der Waals surface area contributed by atoms with E-state index in [1.54, 1.807) is 24.3 Å². The first kappa shape index (κ1) is 15.8. The van der Waals surface area contributed by atoms with E-state index in [2.05, 4.69) is 25.2 Å². The molecule has 0 aliphatic rings. The lowest BCUT2D eigenvalue weighted by atomic mass is 10.0. The topological polar surface area (TPSA) is 62.8 Å². The van der Waals surface area contributed by atoms with Crippen molar-refractivity contribution in [1.82, 2.24) is 15.2 Å². The number of ether oxygens (including phenoxy) is 1. The van der Waals surface area contributed by atoms with Crippen molar-refractivity contribution in [3.63, 3.8) is 0 Å². The minimum atomic E-state index is -4.98. The van der Waals surface area contributed by atoms with Gasteiger partial charge in [-0.2, -0.15) is 0 Å². The Kier molecular flexibility index (Phi) is 4.07. The fourth-order valence-corrected chi connectivity index (χ4v) is 2.11. The molecule has 0 amide bonds. The van der Waals surface area contributed by atoms with E-state index >= 15 is 0 Å². The number of anilines is 2. The Morgan fingerprint density at radius 1 is 1.08 bits per heavy atom. The molecule has 0 fully saturated rings. The molecule has 2 aromatic carbocycles. The van der Waals surface area contributed by atoms with Gasteiger partial charge in [-0.1, -0.05) is 24.3 Å². The highest BCUT2D eigenvalue weighted by atomic mass is 19.4. The zero-order valence-corrected chi connectivity index (χ0v) is 11.9. The van der Waals surface area contributed by atoms with Crippen molar-refractivity contribution >= 4 is 11.6 Å². The fourth-order valence-electron chi connectivity index (χ4n) is 2.11. The van der Waals surface area contributed by atoms with Gasteiger partial charge in [0.1, 0.15) is 6.33 Å². The van der Waals surface area contributed by atoms with E-state index in [1.165, 1.54) is 12.4 Å². The first-order valence-electron chi connectivity index (χ1n) is 6.70. The number of benzene rings is 2. The highest BCUT2D eigenvalue weighted by Gasteiger charge is 2.32. The number of H-pyrrole nitrogens is 1. The fraction of sp³-hybridized carbons (Fsp3) is 0.0667. The number of hydrogen-bond acceptors (Lipinski definition) is 4. The van der Waals surface area contributed by atoms with Crippen LogP contribution in [-0.2, 0) is 0 Å². The first-order chi connectivity index (χ1) is 11.4. The minimum Gasteiger partial charge on any atom is -0.403 e. The average molecular weight is 338 g/mol. The predicted octanol–water partition coefficient (Wildman–Crippen LogP) is 4.25. The second-order valence-electron chi connectivity index (χ2n) is 4.69. The maximum atomic E-state index is 13.6. The van der Waals surface area contributed by atoms with Gasteiger partial charge in [0, 0.05) is 11.3 Å². The number of alkyl halides is 3. The van der Waals surface area contributed by atoms with Crippen LogP contribution in [0, 0.1) is 5.82 Å². The Bertz CT molecular complexity index is 834. The summed E-state index contributed by atoms with van der Waals surface area (Å²) in [6.07, 6.45) is -3.60. The number of para-hydroxylation sites is 1. The normalized spacial score (nSPS) is 11.3. The van der Waals surface area contributed by atoms with E-state index in [1.807, 2.05) is 0 Å². The Morgan fingerprint density at radius 3 is 2.58 bits per heavy atom. The van der Waals surface area contributed by atoms with Crippen LogP contribution < -0.4 is 10.1 Å². The van der Waals surface area contributed by atoms with E-state index in [0.717, 1.165) is 12.1 Å². The van der Waals surface area contributed by atoms with Crippen LogP contribution in [0.2, 0.25) is 0 Å². The molecule has 3 aromatic rings. The smallest absolute Gasteiger partial charge is 0.403 e. The summed E-state index contributed by atoms with van der Waals surface area (Å²) in [6.45, 7) is 0. The molecule has 24 heavy (non-hydrogen) atoms. The van der Waals surface area contributed by atoms with Crippen molar-refractivity contribution in [1.29, 1.82) is 0 Å². The standard InChI is InChI=1S/C15H10F4N4O/c16-11-6-5-9(7-13(11)24-15(17,18)19)10-3-1-2-4-12(10)22-14-20-8-21-23-14/h1-8H,(H2,20,21,22,23). The van der Waals surface area contributed by atoms with E-state index < -0.39 is 17.9 Å². The summed E-state index contributed by atoms with van der Waals surface area (Å²) in [5, 5.41) is 9.30. The van der Waals surface area contributed by atoms with E-state index in [-0.39, 0.29) is 5.95 Å². The van der Waals surface area contributed by atoms with Gasteiger partial charge >= 0.3 is 6.36 Å². The SMILES string of the molecule is Fc1ccc(-c2ccccc2Nc2nc[nH]n2)cc1OC(F)(F)F. The molecular weight excluding hydrogens is 328 g/mol. The molecular formula is C15H10F4N4O.